The van der Waals surface area contributed by atoms with Crippen LogP contribution in [0.4, 0.5) is 5.69 Å². The van der Waals surface area contributed by atoms with Crippen molar-refractivity contribution in [1.82, 2.24) is 0 Å². The van der Waals surface area contributed by atoms with Crippen molar-refractivity contribution in [2.75, 3.05) is 5.32 Å². The largest absolute Gasteiger partial charge is 0.324 e. The van der Waals surface area contributed by atoms with E-state index in [2.05, 4.69) is 5.32 Å². The minimum absolute atomic E-state index is 0.270. The number of nitrogens with zero attached hydrogens (tertiary/aromatic N) is 1. The normalized spacial score (nSPS) is 11.4. The zero-order chi connectivity index (χ0) is 15.1. The molecular weight excluding hydrogens is 262 g/mol. The summed E-state index contributed by atoms with van der Waals surface area (Å²) in [4.78, 5) is 12.1. The average molecular weight is 279 g/mol. The SMILES string of the molecule is N#Cc1ccccc1NC(=O)[C@@H](N)CCc1ccccc1. The van der Waals surface area contributed by atoms with Crippen LogP contribution in [0, 0.1) is 11.3 Å². The Morgan fingerprint density at radius 2 is 1.81 bits per heavy atom. The number of hydrogen-bond donors (Lipinski definition) is 2. The number of nitriles is 1. The van der Waals surface area contributed by atoms with Crippen LogP contribution in [0.5, 0.6) is 0 Å². The van der Waals surface area contributed by atoms with Crippen LogP contribution in [0.1, 0.15) is 17.5 Å². The molecule has 0 radical (unpaired) electrons. The Balaban J connectivity index is 1.92. The van der Waals surface area contributed by atoms with E-state index in [9.17, 15) is 4.79 Å². The summed E-state index contributed by atoms with van der Waals surface area (Å²) in [6, 6.07) is 18.2. The van der Waals surface area contributed by atoms with Gasteiger partial charge in [0.25, 0.3) is 0 Å². The fourth-order valence-electron chi connectivity index (χ4n) is 2.01. The molecule has 2 rings (SSSR count). The van der Waals surface area contributed by atoms with Gasteiger partial charge in [0.1, 0.15) is 6.07 Å². The molecule has 0 heterocycles. The summed E-state index contributed by atoms with van der Waals surface area (Å²) in [5.74, 6) is -0.270. The summed E-state index contributed by atoms with van der Waals surface area (Å²) in [7, 11) is 0. The maximum atomic E-state index is 12.1. The number of carbonyl (C=O) groups excluding carboxylic acids is 1. The molecule has 2 aromatic carbocycles. The molecule has 1 amide bonds. The first-order chi connectivity index (χ1) is 10.2. The van der Waals surface area contributed by atoms with E-state index in [1.54, 1.807) is 24.3 Å². The van der Waals surface area contributed by atoms with Crippen molar-refractivity contribution in [3.05, 3.63) is 65.7 Å². The van der Waals surface area contributed by atoms with E-state index in [1.807, 2.05) is 36.4 Å². The highest BCUT2D eigenvalue weighted by atomic mass is 16.2. The predicted molar refractivity (Wildman–Crippen MR) is 82.5 cm³/mol. The fraction of sp³-hybridized carbons (Fsp3) is 0.176. The highest BCUT2D eigenvalue weighted by molar-refractivity contribution is 5.95. The van der Waals surface area contributed by atoms with Gasteiger partial charge in [0, 0.05) is 0 Å². The molecule has 0 bridgehead atoms. The third-order valence-electron chi connectivity index (χ3n) is 3.23. The van der Waals surface area contributed by atoms with Gasteiger partial charge in [0.15, 0.2) is 0 Å². The Morgan fingerprint density at radius 3 is 2.52 bits per heavy atom. The van der Waals surface area contributed by atoms with E-state index in [-0.39, 0.29) is 5.91 Å². The number of amides is 1. The summed E-state index contributed by atoms with van der Waals surface area (Å²) in [6.07, 6.45) is 1.31. The van der Waals surface area contributed by atoms with Gasteiger partial charge in [-0.25, -0.2) is 0 Å². The first-order valence-corrected chi connectivity index (χ1v) is 6.80. The monoisotopic (exact) mass is 279 g/mol. The number of nitrogens with two attached hydrogens (primary N) is 1. The standard InChI is InChI=1S/C17H17N3O/c18-12-14-8-4-5-9-16(14)20-17(21)15(19)11-10-13-6-2-1-3-7-13/h1-9,15H,10-11,19H2,(H,20,21)/t15-/m0/s1. The second kappa shape index (κ2) is 7.22. The van der Waals surface area contributed by atoms with E-state index in [0.29, 0.717) is 17.7 Å². The van der Waals surface area contributed by atoms with Crippen molar-refractivity contribution in [2.24, 2.45) is 5.73 Å². The quantitative estimate of drug-likeness (QED) is 0.882. The number of para-hydroxylation sites is 1. The van der Waals surface area contributed by atoms with Gasteiger partial charge in [-0.1, -0.05) is 42.5 Å². The topological polar surface area (TPSA) is 78.9 Å². The highest BCUT2D eigenvalue weighted by Crippen LogP contribution is 2.14. The predicted octanol–water partition coefficient (Wildman–Crippen LogP) is 2.46. The second-order valence-corrected chi connectivity index (χ2v) is 4.78. The summed E-state index contributed by atoms with van der Waals surface area (Å²) < 4.78 is 0. The van der Waals surface area contributed by atoms with Gasteiger partial charge in [-0.2, -0.15) is 5.26 Å². The molecule has 2 aromatic rings. The molecule has 0 saturated heterocycles. The molecule has 1 atom stereocenters. The average Bonchev–Trinajstić information content (AvgIpc) is 2.54. The minimum Gasteiger partial charge on any atom is -0.324 e. The highest BCUT2D eigenvalue weighted by Gasteiger charge is 2.14. The summed E-state index contributed by atoms with van der Waals surface area (Å²) in [5.41, 5.74) is 7.99. The lowest BCUT2D eigenvalue weighted by atomic mass is 10.1. The number of hydrogen-bond acceptors (Lipinski definition) is 3. The maximum Gasteiger partial charge on any atom is 0.241 e. The van der Waals surface area contributed by atoms with Crippen molar-refractivity contribution in [3.63, 3.8) is 0 Å². The fourth-order valence-corrected chi connectivity index (χ4v) is 2.01. The van der Waals surface area contributed by atoms with Gasteiger partial charge < -0.3 is 11.1 Å². The van der Waals surface area contributed by atoms with Crippen LogP contribution in [0.15, 0.2) is 54.6 Å². The summed E-state index contributed by atoms with van der Waals surface area (Å²) in [6.45, 7) is 0. The maximum absolute atomic E-state index is 12.1. The zero-order valence-corrected chi connectivity index (χ0v) is 11.6. The van der Waals surface area contributed by atoms with Crippen LogP contribution < -0.4 is 11.1 Å². The molecule has 0 aliphatic carbocycles. The molecular formula is C17H17N3O. The van der Waals surface area contributed by atoms with Gasteiger partial charge in [-0.05, 0) is 30.5 Å². The number of carbonyl (C=O) groups is 1. The first kappa shape index (κ1) is 14.8. The lowest BCUT2D eigenvalue weighted by Crippen LogP contribution is -2.36. The van der Waals surface area contributed by atoms with Crippen molar-refractivity contribution in [1.29, 1.82) is 5.26 Å². The molecule has 3 N–H and O–H groups in total. The molecule has 0 aliphatic rings. The van der Waals surface area contributed by atoms with Crippen LogP contribution in [-0.2, 0) is 11.2 Å². The molecule has 0 spiro atoms. The molecule has 0 saturated carbocycles. The van der Waals surface area contributed by atoms with Crippen molar-refractivity contribution in [3.8, 4) is 6.07 Å². The number of rotatable bonds is 5. The summed E-state index contributed by atoms with van der Waals surface area (Å²) in [5, 5.41) is 11.7. The van der Waals surface area contributed by atoms with Crippen LogP contribution in [0.2, 0.25) is 0 Å². The third-order valence-corrected chi connectivity index (χ3v) is 3.23. The van der Waals surface area contributed by atoms with Gasteiger partial charge >= 0.3 is 0 Å². The molecule has 4 nitrogen and oxygen atoms in total. The van der Waals surface area contributed by atoms with E-state index >= 15 is 0 Å². The second-order valence-electron chi connectivity index (χ2n) is 4.78. The van der Waals surface area contributed by atoms with Crippen LogP contribution in [-0.4, -0.2) is 11.9 Å². The van der Waals surface area contributed by atoms with Gasteiger partial charge in [0.05, 0.1) is 17.3 Å². The van der Waals surface area contributed by atoms with Gasteiger partial charge in [0.2, 0.25) is 5.91 Å². The number of nitrogens with one attached hydrogen (secondary N) is 1. The summed E-state index contributed by atoms with van der Waals surface area (Å²) >= 11 is 0. The first-order valence-electron chi connectivity index (χ1n) is 6.80. The molecule has 4 heteroatoms. The molecule has 106 valence electrons. The number of benzene rings is 2. The smallest absolute Gasteiger partial charge is 0.241 e. The molecule has 21 heavy (non-hydrogen) atoms. The zero-order valence-electron chi connectivity index (χ0n) is 11.6. The van der Waals surface area contributed by atoms with E-state index in [1.165, 1.54) is 0 Å². The molecule has 0 aliphatic heterocycles. The van der Waals surface area contributed by atoms with Gasteiger partial charge in [-0.15, -0.1) is 0 Å². The Kier molecular flexibility index (Phi) is 5.08. The third kappa shape index (κ3) is 4.16. The van der Waals surface area contributed by atoms with E-state index in [0.717, 1.165) is 12.0 Å². The lowest BCUT2D eigenvalue weighted by Gasteiger charge is -2.13. The molecule has 0 unspecified atom stereocenters. The van der Waals surface area contributed by atoms with Crippen LogP contribution >= 0.6 is 0 Å². The number of aryl methyl sites for hydroxylation is 1. The molecule has 0 aromatic heterocycles. The Labute approximate surface area is 124 Å². The Morgan fingerprint density at radius 1 is 1.14 bits per heavy atom. The number of anilines is 1. The van der Waals surface area contributed by atoms with Crippen molar-refractivity contribution >= 4 is 11.6 Å². The van der Waals surface area contributed by atoms with Gasteiger partial charge in [-0.3, -0.25) is 4.79 Å². The van der Waals surface area contributed by atoms with Crippen LogP contribution in [0.25, 0.3) is 0 Å². The van der Waals surface area contributed by atoms with E-state index in [4.69, 9.17) is 11.0 Å². The Bertz CT molecular complexity index is 647. The molecule has 0 fully saturated rings. The van der Waals surface area contributed by atoms with Crippen molar-refractivity contribution in [2.45, 2.75) is 18.9 Å². The Hall–Kier alpha value is -2.64. The van der Waals surface area contributed by atoms with Crippen LogP contribution in [0.3, 0.4) is 0 Å². The van der Waals surface area contributed by atoms with Crippen molar-refractivity contribution < 1.29 is 4.79 Å². The minimum atomic E-state index is -0.600. The lowest BCUT2D eigenvalue weighted by molar-refractivity contribution is -0.117. The van der Waals surface area contributed by atoms with E-state index < -0.39 is 6.04 Å².